The van der Waals surface area contributed by atoms with Crippen molar-refractivity contribution in [2.24, 2.45) is 5.14 Å². The molecule has 0 aliphatic heterocycles. The van der Waals surface area contributed by atoms with Crippen LogP contribution in [-0.2, 0) is 5.41 Å². The molecule has 0 radical (unpaired) electrons. The zero-order valence-electron chi connectivity index (χ0n) is 15.2. The third-order valence-electron chi connectivity index (χ3n) is 5.15. The summed E-state index contributed by atoms with van der Waals surface area (Å²) in [6.45, 7) is 2.07. The molecule has 0 saturated heterocycles. The first-order valence-electron chi connectivity index (χ1n) is 8.90. The van der Waals surface area contributed by atoms with E-state index in [9.17, 15) is 9.18 Å². The molecule has 0 bridgehead atoms. The second-order valence-corrected chi connectivity index (χ2v) is 8.62. The molecule has 8 heteroatoms. The molecule has 2 aromatic carbocycles. The highest BCUT2D eigenvalue weighted by atomic mass is 32.2. The lowest BCUT2D eigenvalue weighted by molar-refractivity contribution is 0.102. The molecule has 1 aliphatic carbocycles. The van der Waals surface area contributed by atoms with Gasteiger partial charge in [-0.05, 0) is 55.5 Å². The van der Waals surface area contributed by atoms with E-state index in [2.05, 4.69) is 46.7 Å². The van der Waals surface area contributed by atoms with Gasteiger partial charge in [0.15, 0.2) is 0 Å². The summed E-state index contributed by atoms with van der Waals surface area (Å²) in [4.78, 5) is 13.1. The molecule has 3 aromatic rings. The minimum atomic E-state index is -0.602. The number of benzene rings is 2. The summed E-state index contributed by atoms with van der Waals surface area (Å²) in [6, 6.07) is 12.6. The fourth-order valence-electron chi connectivity index (χ4n) is 3.48. The highest BCUT2D eigenvalue weighted by molar-refractivity contribution is 7.97. The van der Waals surface area contributed by atoms with Gasteiger partial charge in [-0.25, -0.2) is 4.39 Å². The van der Waals surface area contributed by atoms with Gasteiger partial charge < -0.3 is 0 Å². The molecule has 1 saturated carbocycles. The van der Waals surface area contributed by atoms with Crippen molar-refractivity contribution in [3.05, 3.63) is 70.0 Å². The smallest absolute Gasteiger partial charge is 0.260 e. The molecule has 1 fully saturated rings. The van der Waals surface area contributed by atoms with E-state index in [0.717, 1.165) is 36.2 Å². The third kappa shape index (κ3) is 3.43. The summed E-state index contributed by atoms with van der Waals surface area (Å²) < 4.78 is 14.0. The molecule has 1 aliphatic rings. The molecule has 1 aromatic heterocycles. The van der Waals surface area contributed by atoms with Crippen LogP contribution in [0.1, 0.15) is 45.8 Å². The van der Waals surface area contributed by atoms with Crippen molar-refractivity contribution in [3.63, 3.8) is 0 Å². The van der Waals surface area contributed by atoms with Gasteiger partial charge in [0, 0.05) is 10.3 Å². The number of halogens is 1. The fourth-order valence-corrected chi connectivity index (χ4v) is 4.82. The number of amides is 1. The van der Waals surface area contributed by atoms with Crippen molar-refractivity contribution in [2.45, 2.75) is 36.5 Å². The summed E-state index contributed by atoms with van der Waals surface area (Å²) in [5, 5.41) is 17.9. The van der Waals surface area contributed by atoms with Crippen LogP contribution in [0.4, 0.5) is 9.52 Å². The molecular weight excluding hydrogens is 395 g/mol. The molecule has 5 nitrogen and oxygen atoms in total. The number of hydrogen-bond acceptors (Lipinski definition) is 6. The molecule has 0 unspecified atom stereocenters. The van der Waals surface area contributed by atoms with Gasteiger partial charge in [0.05, 0.1) is 5.56 Å². The van der Waals surface area contributed by atoms with E-state index < -0.39 is 11.7 Å². The van der Waals surface area contributed by atoms with Crippen molar-refractivity contribution in [2.75, 3.05) is 5.32 Å². The Labute approximate surface area is 170 Å². The Kier molecular flexibility index (Phi) is 5.18. The maximum Gasteiger partial charge on any atom is 0.260 e. The number of anilines is 1. The molecule has 28 heavy (non-hydrogen) atoms. The Morgan fingerprint density at radius 2 is 2.07 bits per heavy atom. The quantitative estimate of drug-likeness (QED) is 0.593. The van der Waals surface area contributed by atoms with Crippen LogP contribution in [0, 0.1) is 12.7 Å². The maximum absolute atomic E-state index is 14.0. The van der Waals surface area contributed by atoms with Crippen molar-refractivity contribution in [3.8, 4) is 0 Å². The van der Waals surface area contributed by atoms with E-state index in [1.54, 1.807) is 0 Å². The lowest BCUT2D eigenvalue weighted by Crippen LogP contribution is -2.35. The zero-order valence-corrected chi connectivity index (χ0v) is 16.9. The normalized spacial score (nSPS) is 15.1. The summed E-state index contributed by atoms with van der Waals surface area (Å²) in [5.74, 6) is -1.16. The van der Waals surface area contributed by atoms with Crippen LogP contribution < -0.4 is 10.5 Å². The van der Waals surface area contributed by atoms with Gasteiger partial charge in [0.2, 0.25) is 5.13 Å². The fraction of sp³-hybridized carbons (Fsp3) is 0.250. The lowest BCUT2D eigenvalue weighted by atomic mass is 9.65. The number of nitrogens with two attached hydrogens (primary N) is 1. The maximum atomic E-state index is 14.0. The van der Waals surface area contributed by atoms with Crippen molar-refractivity contribution in [1.29, 1.82) is 0 Å². The number of rotatable bonds is 5. The second-order valence-electron chi connectivity index (χ2n) is 6.93. The molecule has 0 atom stereocenters. The van der Waals surface area contributed by atoms with E-state index in [1.807, 2.05) is 0 Å². The highest BCUT2D eigenvalue weighted by Crippen LogP contribution is 2.50. The lowest BCUT2D eigenvalue weighted by Gasteiger charge is -2.40. The van der Waals surface area contributed by atoms with E-state index in [1.165, 1.54) is 40.7 Å². The van der Waals surface area contributed by atoms with Gasteiger partial charge >= 0.3 is 0 Å². The Balaban J connectivity index is 1.59. The molecule has 1 amide bonds. The number of aryl methyl sites for hydroxylation is 1. The van der Waals surface area contributed by atoms with Crippen LogP contribution in [0.3, 0.4) is 0 Å². The molecule has 4 rings (SSSR count). The Hall–Kier alpha value is -2.29. The van der Waals surface area contributed by atoms with Gasteiger partial charge in [-0.15, -0.1) is 10.2 Å². The topological polar surface area (TPSA) is 80.9 Å². The summed E-state index contributed by atoms with van der Waals surface area (Å²) in [6.07, 6.45) is 3.14. The van der Waals surface area contributed by atoms with E-state index in [4.69, 9.17) is 5.14 Å². The van der Waals surface area contributed by atoms with Crippen LogP contribution in [0.5, 0.6) is 0 Å². The first-order chi connectivity index (χ1) is 13.5. The number of aromatic nitrogens is 2. The van der Waals surface area contributed by atoms with E-state index >= 15 is 0 Å². The number of carbonyl (C=O) groups is 1. The molecular formula is C20H19FN4OS2. The summed E-state index contributed by atoms with van der Waals surface area (Å²) in [5.41, 5.74) is 2.22. The van der Waals surface area contributed by atoms with Crippen molar-refractivity contribution < 1.29 is 9.18 Å². The van der Waals surface area contributed by atoms with E-state index in [-0.39, 0.29) is 11.0 Å². The molecule has 1 heterocycles. The van der Waals surface area contributed by atoms with E-state index in [0.29, 0.717) is 10.0 Å². The number of carbonyl (C=O) groups excluding carboxylic acids is 1. The minimum absolute atomic E-state index is 0.0655. The second kappa shape index (κ2) is 7.62. The van der Waals surface area contributed by atoms with Crippen LogP contribution in [-0.4, -0.2) is 16.1 Å². The first-order valence-corrected chi connectivity index (χ1v) is 10.6. The monoisotopic (exact) mass is 414 g/mol. The average Bonchev–Trinajstić information content (AvgIpc) is 3.09. The molecule has 144 valence electrons. The first kappa shape index (κ1) is 19.0. The van der Waals surface area contributed by atoms with Crippen LogP contribution >= 0.6 is 23.3 Å². The van der Waals surface area contributed by atoms with Crippen LogP contribution in [0.15, 0.2) is 47.4 Å². The Bertz CT molecular complexity index is 1030. The molecule has 3 N–H and O–H groups in total. The van der Waals surface area contributed by atoms with Gasteiger partial charge in [0.1, 0.15) is 10.8 Å². The van der Waals surface area contributed by atoms with Crippen molar-refractivity contribution in [1.82, 2.24) is 10.2 Å². The summed E-state index contributed by atoms with van der Waals surface area (Å²) >= 11 is 2.31. The average molecular weight is 415 g/mol. The predicted molar refractivity (Wildman–Crippen MR) is 110 cm³/mol. The third-order valence-corrected chi connectivity index (χ3v) is 6.72. The minimum Gasteiger partial charge on any atom is -0.296 e. The SMILES string of the molecule is Cc1cccc(C2(c3nnc(NC(=O)c4cc(SN)ccc4F)s3)CCC2)c1. The van der Waals surface area contributed by atoms with Gasteiger partial charge in [-0.3, -0.25) is 15.3 Å². The predicted octanol–water partition coefficient (Wildman–Crippen LogP) is 4.67. The highest BCUT2D eigenvalue weighted by Gasteiger charge is 2.43. The number of nitrogens with zero attached hydrogens (tertiary/aromatic N) is 2. The standard InChI is InChI=1S/C20H19FN4OS2/c1-12-4-2-5-13(10-12)20(8-3-9-20)18-24-25-19(27-18)23-17(26)15-11-14(28-22)6-7-16(15)21/h2,4-7,10-11H,3,8-9,22H2,1H3,(H,23,25,26). The van der Waals surface area contributed by atoms with Crippen LogP contribution in [0.2, 0.25) is 0 Å². The number of hydrogen-bond donors (Lipinski definition) is 2. The largest absolute Gasteiger partial charge is 0.296 e. The molecule has 0 spiro atoms. The summed E-state index contributed by atoms with van der Waals surface area (Å²) in [7, 11) is 0. The Morgan fingerprint density at radius 3 is 2.75 bits per heavy atom. The van der Waals surface area contributed by atoms with Gasteiger partial charge in [-0.2, -0.15) is 0 Å². The zero-order chi connectivity index (χ0) is 19.7. The van der Waals surface area contributed by atoms with Gasteiger partial charge in [0.25, 0.3) is 5.91 Å². The number of nitrogens with one attached hydrogen (secondary N) is 1. The van der Waals surface area contributed by atoms with Crippen molar-refractivity contribution >= 4 is 34.3 Å². The Morgan fingerprint density at radius 1 is 1.25 bits per heavy atom. The van der Waals surface area contributed by atoms with Crippen LogP contribution in [0.25, 0.3) is 0 Å². The van der Waals surface area contributed by atoms with Gasteiger partial charge in [-0.1, -0.05) is 47.6 Å².